The fraction of sp³-hybridized carbons (Fsp3) is 0.200. The normalized spacial score (nSPS) is 15.8. The van der Waals surface area contributed by atoms with Gasteiger partial charge in [0.05, 0.1) is 17.7 Å². The van der Waals surface area contributed by atoms with Gasteiger partial charge in [-0.25, -0.2) is 8.42 Å². The van der Waals surface area contributed by atoms with E-state index in [1.807, 2.05) is 41.3 Å². The largest absolute Gasteiger partial charge is 0.322 e. The van der Waals surface area contributed by atoms with Crippen molar-refractivity contribution in [2.45, 2.75) is 11.9 Å². The first-order chi connectivity index (χ1) is 16.6. The summed E-state index contributed by atoms with van der Waals surface area (Å²) in [4.78, 5) is 27.1. The molecule has 0 bridgehead atoms. The lowest BCUT2D eigenvalue weighted by Crippen LogP contribution is -2.27. The van der Waals surface area contributed by atoms with E-state index in [1.165, 1.54) is 7.05 Å². The van der Waals surface area contributed by atoms with Gasteiger partial charge in [0.1, 0.15) is 5.37 Å². The molecule has 2 amide bonds. The maximum atomic E-state index is 12.8. The molecule has 0 aliphatic carbocycles. The summed E-state index contributed by atoms with van der Waals surface area (Å²) >= 11 is 7.52. The van der Waals surface area contributed by atoms with E-state index in [0.29, 0.717) is 34.3 Å². The van der Waals surface area contributed by atoms with Gasteiger partial charge in [-0.15, -0.1) is 11.8 Å². The van der Waals surface area contributed by atoms with E-state index in [2.05, 4.69) is 5.32 Å². The van der Waals surface area contributed by atoms with E-state index in [-0.39, 0.29) is 17.2 Å². The van der Waals surface area contributed by atoms with Crippen LogP contribution in [0.5, 0.6) is 0 Å². The van der Waals surface area contributed by atoms with Gasteiger partial charge in [-0.2, -0.15) is 0 Å². The molecule has 1 aliphatic rings. The number of nitrogens with zero attached hydrogens (tertiary/aromatic N) is 2. The van der Waals surface area contributed by atoms with Crippen LogP contribution in [0.15, 0.2) is 72.8 Å². The number of hydrogen-bond donors (Lipinski definition) is 1. The second-order valence-electron chi connectivity index (χ2n) is 8.17. The first-order valence-electron chi connectivity index (χ1n) is 10.7. The summed E-state index contributed by atoms with van der Waals surface area (Å²) in [6, 6.07) is 21.2. The van der Waals surface area contributed by atoms with Crippen LogP contribution in [-0.4, -0.2) is 44.2 Å². The average molecular weight is 530 g/mol. The Morgan fingerprint density at radius 3 is 2.46 bits per heavy atom. The molecule has 7 nitrogen and oxygen atoms in total. The number of halogens is 1. The highest BCUT2D eigenvalue weighted by molar-refractivity contribution is 8.00. The van der Waals surface area contributed by atoms with E-state index < -0.39 is 10.0 Å². The molecule has 1 aliphatic heterocycles. The lowest BCUT2D eigenvalue weighted by atomic mass is 10.1. The topological polar surface area (TPSA) is 86.8 Å². The van der Waals surface area contributed by atoms with Crippen molar-refractivity contribution < 1.29 is 18.0 Å². The molecular weight excluding hydrogens is 506 g/mol. The van der Waals surface area contributed by atoms with Crippen molar-refractivity contribution in [1.29, 1.82) is 0 Å². The Morgan fingerprint density at radius 1 is 1.11 bits per heavy atom. The van der Waals surface area contributed by atoms with Crippen molar-refractivity contribution in [3.63, 3.8) is 0 Å². The maximum absolute atomic E-state index is 12.8. The van der Waals surface area contributed by atoms with Crippen LogP contribution in [0.1, 0.15) is 26.9 Å². The summed E-state index contributed by atoms with van der Waals surface area (Å²) in [6.07, 6.45) is 1.12. The van der Waals surface area contributed by atoms with Gasteiger partial charge in [0.15, 0.2) is 0 Å². The van der Waals surface area contributed by atoms with Crippen LogP contribution in [-0.2, 0) is 21.4 Å². The molecular formula is C25H24ClN3O4S2. The van der Waals surface area contributed by atoms with Gasteiger partial charge in [0.25, 0.3) is 5.91 Å². The fourth-order valence-electron chi connectivity index (χ4n) is 3.66. The van der Waals surface area contributed by atoms with E-state index >= 15 is 0 Å². The highest BCUT2D eigenvalue weighted by Gasteiger charge is 2.32. The number of benzene rings is 3. The van der Waals surface area contributed by atoms with Gasteiger partial charge in [-0.05, 0) is 53.6 Å². The van der Waals surface area contributed by atoms with Crippen molar-refractivity contribution in [2.75, 3.05) is 28.7 Å². The lowest BCUT2D eigenvalue weighted by Gasteiger charge is -2.24. The van der Waals surface area contributed by atoms with Crippen LogP contribution < -0.4 is 9.62 Å². The average Bonchev–Trinajstić information content (AvgIpc) is 3.19. The summed E-state index contributed by atoms with van der Waals surface area (Å²) in [5.74, 6) is 0.151. The monoisotopic (exact) mass is 529 g/mol. The van der Waals surface area contributed by atoms with Gasteiger partial charge in [0.2, 0.25) is 15.9 Å². The quantitative estimate of drug-likeness (QED) is 0.477. The van der Waals surface area contributed by atoms with E-state index in [9.17, 15) is 18.0 Å². The third-order valence-electron chi connectivity index (χ3n) is 5.66. The first-order valence-corrected chi connectivity index (χ1v) is 14.0. The molecule has 0 spiro atoms. The molecule has 3 aromatic carbocycles. The second kappa shape index (κ2) is 10.3. The minimum Gasteiger partial charge on any atom is -0.322 e. The van der Waals surface area contributed by atoms with Gasteiger partial charge >= 0.3 is 0 Å². The molecule has 1 atom stereocenters. The smallest absolute Gasteiger partial charge is 0.255 e. The zero-order valence-corrected chi connectivity index (χ0v) is 21.5. The Morgan fingerprint density at radius 2 is 1.80 bits per heavy atom. The Kier molecular flexibility index (Phi) is 7.39. The molecule has 1 fully saturated rings. The van der Waals surface area contributed by atoms with Crippen molar-refractivity contribution in [2.24, 2.45) is 0 Å². The Balaban J connectivity index is 1.46. The van der Waals surface area contributed by atoms with Gasteiger partial charge in [-0.1, -0.05) is 41.9 Å². The third kappa shape index (κ3) is 5.98. The molecule has 1 saturated heterocycles. The van der Waals surface area contributed by atoms with Crippen molar-refractivity contribution in [3.8, 4) is 0 Å². The van der Waals surface area contributed by atoms with Crippen molar-refractivity contribution in [1.82, 2.24) is 4.90 Å². The number of rotatable bonds is 7. The van der Waals surface area contributed by atoms with Gasteiger partial charge in [0, 0.05) is 29.9 Å². The molecule has 35 heavy (non-hydrogen) atoms. The second-order valence-corrected chi connectivity index (χ2v) is 11.7. The number of hydrogen-bond acceptors (Lipinski definition) is 5. The van der Waals surface area contributed by atoms with Crippen LogP contribution in [0.3, 0.4) is 0 Å². The molecule has 3 aromatic rings. The highest BCUT2D eigenvalue weighted by atomic mass is 35.5. The van der Waals surface area contributed by atoms with Crippen molar-refractivity contribution >= 4 is 56.6 Å². The van der Waals surface area contributed by atoms with Crippen LogP contribution in [0.2, 0.25) is 5.02 Å². The molecule has 1 N–H and O–H groups in total. The summed E-state index contributed by atoms with van der Waals surface area (Å²) in [6.45, 7) is 0.480. The minimum absolute atomic E-state index is 0.0655. The maximum Gasteiger partial charge on any atom is 0.255 e. The van der Waals surface area contributed by atoms with Crippen LogP contribution >= 0.6 is 23.4 Å². The highest BCUT2D eigenvalue weighted by Crippen LogP contribution is 2.39. The number of amides is 2. The van der Waals surface area contributed by atoms with Crippen molar-refractivity contribution in [3.05, 3.63) is 94.5 Å². The summed E-state index contributed by atoms with van der Waals surface area (Å²) in [7, 11) is -1.96. The molecule has 0 aromatic heterocycles. The fourth-order valence-corrected chi connectivity index (χ4v) is 5.47. The lowest BCUT2D eigenvalue weighted by molar-refractivity contribution is -0.128. The molecule has 4 rings (SSSR count). The molecule has 1 heterocycles. The zero-order valence-electron chi connectivity index (χ0n) is 19.1. The third-order valence-corrected chi connectivity index (χ3v) is 8.37. The predicted octanol–water partition coefficient (Wildman–Crippen LogP) is 4.76. The van der Waals surface area contributed by atoms with Gasteiger partial charge < -0.3 is 10.2 Å². The Hall–Kier alpha value is -3.01. The molecule has 10 heteroatoms. The minimum atomic E-state index is -3.41. The standard InChI is InChI=1S/C25H24ClN3O4S2/c1-28(35(2,32)33)22-5-3-4-21(14-22)27-24(31)18-8-10-19(11-9-18)25-29(23(30)16-34-25)15-17-6-12-20(26)13-7-17/h3-14,25H,15-16H2,1-2H3,(H,27,31)/t25-/m1/s1. The van der Waals surface area contributed by atoms with Crippen LogP contribution in [0, 0.1) is 0 Å². The number of carbonyl (C=O) groups excluding carboxylic acids is 2. The van der Waals surface area contributed by atoms with Gasteiger partial charge in [-0.3, -0.25) is 13.9 Å². The number of sulfonamides is 1. The number of carbonyl (C=O) groups is 2. The SMILES string of the molecule is CN(c1cccc(NC(=O)c2ccc([C@H]3SCC(=O)N3Cc3ccc(Cl)cc3)cc2)c1)S(C)(=O)=O. The number of nitrogens with one attached hydrogen (secondary N) is 1. The Bertz CT molecular complexity index is 1350. The molecule has 0 saturated carbocycles. The number of anilines is 2. The van der Waals surface area contributed by atoms with Crippen LogP contribution in [0.4, 0.5) is 11.4 Å². The zero-order chi connectivity index (χ0) is 25.2. The first kappa shape index (κ1) is 25.1. The van der Waals surface area contributed by atoms with E-state index in [0.717, 1.165) is 21.7 Å². The number of thioether (sulfide) groups is 1. The molecule has 182 valence electrons. The predicted molar refractivity (Wildman–Crippen MR) is 141 cm³/mol. The Labute approximate surface area is 214 Å². The molecule has 0 unspecified atom stereocenters. The summed E-state index contributed by atoms with van der Waals surface area (Å²) in [5, 5.41) is 3.31. The molecule has 0 radical (unpaired) electrons. The van der Waals surface area contributed by atoms with E-state index in [1.54, 1.807) is 48.2 Å². The van der Waals surface area contributed by atoms with Crippen LogP contribution in [0.25, 0.3) is 0 Å². The summed E-state index contributed by atoms with van der Waals surface area (Å²) < 4.78 is 24.7. The summed E-state index contributed by atoms with van der Waals surface area (Å²) in [5.41, 5.74) is 3.31. The van der Waals surface area contributed by atoms with E-state index in [4.69, 9.17) is 11.6 Å².